The van der Waals surface area contributed by atoms with Crippen LogP contribution in [-0.4, -0.2) is 34.6 Å². The zero-order chi connectivity index (χ0) is 12.6. The van der Waals surface area contributed by atoms with Crippen LogP contribution in [-0.2, 0) is 9.53 Å². The first kappa shape index (κ1) is 13.5. The molecule has 1 fully saturated rings. The van der Waals surface area contributed by atoms with Crippen LogP contribution in [0.2, 0.25) is 0 Å². The fourth-order valence-electron chi connectivity index (χ4n) is 2.36. The van der Waals surface area contributed by atoms with Gasteiger partial charge >= 0.3 is 5.97 Å². The molecule has 1 atom stereocenters. The molecule has 0 aromatic rings. The lowest BCUT2D eigenvalue weighted by Gasteiger charge is -2.36. The van der Waals surface area contributed by atoms with Gasteiger partial charge in [0.1, 0.15) is 11.6 Å². The third kappa shape index (κ3) is 3.21. The minimum atomic E-state index is -0.394. The van der Waals surface area contributed by atoms with Crippen molar-refractivity contribution in [3.63, 3.8) is 0 Å². The number of rotatable bonds is 2. The molecule has 0 saturated carbocycles. The number of esters is 1. The van der Waals surface area contributed by atoms with Crippen molar-refractivity contribution in [2.45, 2.75) is 71.6 Å². The average Bonchev–Trinajstić information content (AvgIpc) is 2.40. The van der Waals surface area contributed by atoms with Gasteiger partial charge in [-0.05, 0) is 60.9 Å². The first-order valence-corrected chi connectivity index (χ1v) is 6.13. The number of ether oxygens (including phenoxy) is 1. The van der Waals surface area contributed by atoms with Gasteiger partial charge in [0, 0.05) is 5.54 Å². The summed E-state index contributed by atoms with van der Waals surface area (Å²) in [5.74, 6) is -0.109. The summed E-state index contributed by atoms with van der Waals surface area (Å²) in [6.45, 7) is 13.1. The van der Waals surface area contributed by atoms with Gasteiger partial charge in [-0.3, -0.25) is 9.69 Å². The summed E-state index contributed by atoms with van der Waals surface area (Å²) in [6, 6.07) is -0.142. The molecule has 0 bridgehead atoms. The highest BCUT2D eigenvalue weighted by molar-refractivity contribution is 5.75. The van der Waals surface area contributed by atoms with Crippen molar-refractivity contribution in [3.05, 3.63) is 0 Å². The van der Waals surface area contributed by atoms with Gasteiger partial charge < -0.3 is 4.74 Å². The maximum absolute atomic E-state index is 12.0. The largest absolute Gasteiger partial charge is 0.459 e. The third-order valence-corrected chi connectivity index (χ3v) is 3.18. The Morgan fingerprint density at radius 1 is 1.38 bits per heavy atom. The number of nitrogens with zero attached hydrogens (tertiary/aromatic N) is 1. The van der Waals surface area contributed by atoms with Crippen LogP contribution in [0.5, 0.6) is 0 Å². The zero-order valence-corrected chi connectivity index (χ0v) is 11.5. The van der Waals surface area contributed by atoms with Crippen LogP contribution in [0.15, 0.2) is 0 Å². The van der Waals surface area contributed by atoms with Gasteiger partial charge in [-0.1, -0.05) is 0 Å². The van der Waals surface area contributed by atoms with E-state index in [1.807, 2.05) is 27.7 Å². The highest BCUT2D eigenvalue weighted by atomic mass is 16.6. The topological polar surface area (TPSA) is 29.5 Å². The second-order valence-corrected chi connectivity index (χ2v) is 6.32. The van der Waals surface area contributed by atoms with E-state index in [2.05, 4.69) is 18.7 Å². The highest BCUT2D eigenvalue weighted by Crippen LogP contribution is 2.30. The number of hydrogen-bond donors (Lipinski definition) is 0. The van der Waals surface area contributed by atoms with Gasteiger partial charge in [-0.2, -0.15) is 0 Å². The second kappa shape index (κ2) is 4.36. The van der Waals surface area contributed by atoms with Crippen molar-refractivity contribution in [2.75, 3.05) is 6.54 Å². The molecule has 0 aromatic carbocycles. The molecule has 0 aromatic heterocycles. The van der Waals surface area contributed by atoms with E-state index in [0.29, 0.717) is 0 Å². The summed E-state index contributed by atoms with van der Waals surface area (Å²) >= 11 is 0. The summed E-state index contributed by atoms with van der Waals surface area (Å²) in [5.41, 5.74) is -0.272. The van der Waals surface area contributed by atoms with E-state index in [-0.39, 0.29) is 17.6 Å². The predicted molar refractivity (Wildman–Crippen MR) is 65.3 cm³/mol. The third-order valence-electron chi connectivity index (χ3n) is 3.18. The standard InChI is InChI=1S/C13H25NO2/c1-10(11(15)16-12(2,3)4)14-9-7-8-13(14,5)6/h10H,7-9H2,1-6H3. The lowest BCUT2D eigenvalue weighted by molar-refractivity contribution is -0.162. The summed E-state index contributed by atoms with van der Waals surface area (Å²) in [6.07, 6.45) is 2.32. The molecule has 0 aliphatic carbocycles. The molecular weight excluding hydrogens is 202 g/mol. The zero-order valence-electron chi connectivity index (χ0n) is 11.5. The molecule has 3 heteroatoms. The molecular formula is C13H25NO2. The molecule has 1 unspecified atom stereocenters. The normalized spacial score (nSPS) is 23.1. The van der Waals surface area contributed by atoms with Gasteiger partial charge in [0.15, 0.2) is 0 Å². The van der Waals surface area contributed by atoms with Crippen LogP contribution >= 0.6 is 0 Å². The maximum Gasteiger partial charge on any atom is 0.323 e. The number of carbonyl (C=O) groups is 1. The van der Waals surface area contributed by atoms with Crippen LogP contribution in [0.3, 0.4) is 0 Å². The van der Waals surface area contributed by atoms with Crippen molar-refractivity contribution in [1.82, 2.24) is 4.90 Å². The van der Waals surface area contributed by atoms with Crippen molar-refractivity contribution >= 4 is 5.97 Å². The Morgan fingerprint density at radius 2 is 1.94 bits per heavy atom. The summed E-state index contributed by atoms with van der Waals surface area (Å²) in [5, 5.41) is 0. The summed E-state index contributed by atoms with van der Waals surface area (Å²) in [7, 11) is 0. The maximum atomic E-state index is 12.0. The quantitative estimate of drug-likeness (QED) is 0.679. The fourth-order valence-corrected chi connectivity index (χ4v) is 2.36. The van der Waals surface area contributed by atoms with E-state index >= 15 is 0 Å². The van der Waals surface area contributed by atoms with Crippen LogP contribution in [0.1, 0.15) is 54.4 Å². The van der Waals surface area contributed by atoms with E-state index in [0.717, 1.165) is 13.0 Å². The van der Waals surface area contributed by atoms with Crippen molar-refractivity contribution < 1.29 is 9.53 Å². The summed E-state index contributed by atoms with van der Waals surface area (Å²) in [4.78, 5) is 14.2. The van der Waals surface area contributed by atoms with Gasteiger partial charge in [-0.15, -0.1) is 0 Å². The molecule has 0 radical (unpaired) electrons. The van der Waals surface area contributed by atoms with E-state index in [1.165, 1.54) is 6.42 Å². The fraction of sp³-hybridized carbons (Fsp3) is 0.923. The van der Waals surface area contributed by atoms with Gasteiger partial charge in [0.05, 0.1) is 0 Å². The number of hydrogen-bond acceptors (Lipinski definition) is 3. The van der Waals surface area contributed by atoms with Crippen molar-refractivity contribution in [3.8, 4) is 0 Å². The number of carbonyl (C=O) groups excluding carboxylic acids is 1. The Balaban J connectivity index is 2.64. The van der Waals surface area contributed by atoms with Gasteiger partial charge in [0.25, 0.3) is 0 Å². The summed E-state index contributed by atoms with van der Waals surface area (Å²) < 4.78 is 5.42. The SMILES string of the molecule is CC(C(=O)OC(C)(C)C)N1CCCC1(C)C. The van der Waals surface area contributed by atoms with Crippen molar-refractivity contribution in [2.24, 2.45) is 0 Å². The lowest BCUT2D eigenvalue weighted by Crippen LogP contribution is -2.49. The van der Waals surface area contributed by atoms with E-state index in [9.17, 15) is 4.79 Å². The molecule has 1 saturated heterocycles. The van der Waals surface area contributed by atoms with Gasteiger partial charge in [0.2, 0.25) is 0 Å². The van der Waals surface area contributed by atoms with Crippen LogP contribution in [0.4, 0.5) is 0 Å². The Kier molecular flexibility index (Phi) is 3.68. The Morgan fingerprint density at radius 3 is 2.31 bits per heavy atom. The molecule has 1 heterocycles. The number of likely N-dealkylation sites (tertiary alicyclic amines) is 1. The molecule has 1 rings (SSSR count). The highest BCUT2D eigenvalue weighted by Gasteiger charge is 2.38. The molecule has 0 N–H and O–H groups in total. The molecule has 0 amide bonds. The first-order chi connectivity index (χ1) is 7.13. The van der Waals surface area contributed by atoms with Crippen LogP contribution < -0.4 is 0 Å². The minimum absolute atomic E-state index is 0.109. The molecule has 0 spiro atoms. The van der Waals surface area contributed by atoms with E-state index in [4.69, 9.17) is 4.74 Å². The Labute approximate surface area is 99.1 Å². The average molecular weight is 227 g/mol. The van der Waals surface area contributed by atoms with E-state index < -0.39 is 5.60 Å². The van der Waals surface area contributed by atoms with Crippen LogP contribution in [0.25, 0.3) is 0 Å². The predicted octanol–water partition coefficient (Wildman–Crippen LogP) is 2.59. The Hall–Kier alpha value is -0.570. The Bertz CT molecular complexity index is 266. The molecule has 94 valence electrons. The first-order valence-electron chi connectivity index (χ1n) is 6.13. The van der Waals surface area contributed by atoms with E-state index in [1.54, 1.807) is 0 Å². The minimum Gasteiger partial charge on any atom is -0.459 e. The lowest BCUT2D eigenvalue weighted by atomic mass is 10.0. The molecule has 1 aliphatic heterocycles. The molecule has 3 nitrogen and oxygen atoms in total. The molecule has 16 heavy (non-hydrogen) atoms. The monoisotopic (exact) mass is 227 g/mol. The van der Waals surface area contributed by atoms with Crippen LogP contribution in [0, 0.1) is 0 Å². The molecule has 1 aliphatic rings. The smallest absolute Gasteiger partial charge is 0.323 e. The van der Waals surface area contributed by atoms with Crippen molar-refractivity contribution in [1.29, 1.82) is 0 Å². The van der Waals surface area contributed by atoms with Gasteiger partial charge in [-0.25, -0.2) is 0 Å². The second-order valence-electron chi connectivity index (χ2n) is 6.32.